The minimum Gasteiger partial charge on any atom is -0.336 e. The Morgan fingerprint density at radius 3 is 2.38 bits per heavy atom. The van der Waals surface area contributed by atoms with Gasteiger partial charge < -0.3 is 4.90 Å². The Bertz CT molecular complexity index is 1170. The molecule has 1 aromatic heterocycles. The van der Waals surface area contributed by atoms with Crippen molar-refractivity contribution in [3.05, 3.63) is 86.2 Å². The second-order valence-electron chi connectivity index (χ2n) is 6.80. The van der Waals surface area contributed by atoms with Gasteiger partial charge in [-0.05, 0) is 47.7 Å². The van der Waals surface area contributed by atoms with Gasteiger partial charge in [0.15, 0.2) is 0 Å². The van der Waals surface area contributed by atoms with Crippen LogP contribution in [0.3, 0.4) is 0 Å². The average Bonchev–Trinajstić information content (AvgIpc) is 3.39. The van der Waals surface area contributed by atoms with Gasteiger partial charge in [-0.1, -0.05) is 47.5 Å². The SMILES string of the molecule is O=C1C(c2cccs2)=C(N2CCc3ccccc32)C(=O)N1c1cc(Cl)cc(Cl)c1. The molecule has 7 heteroatoms. The molecule has 144 valence electrons. The molecule has 29 heavy (non-hydrogen) atoms. The average molecular weight is 441 g/mol. The molecule has 0 saturated carbocycles. The molecule has 2 aliphatic rings. The van der Waals surface area contributed by atoms with Crippen molar-refractivity contribution in [2.45, 2.75) is 6.42 Å². The zero-order valence-corrected chi connectivity index (χ0v) is 17.4. The molecule has 0 N–H and O–H groups in total. The smallest absolute Gasteiger partial charge is 0.282 e. The Hall–Kier alpha value is -2.60. The third-order valence-electron chi connectivity index (χ3n) is 5.09. The molecule has 0 radical (unpaired) electrons. The number of carbonyl (C=O) groups excluding carboxylic acids is 2. The molecule has 0 fully saturated rings. The van der Waals surface area contributed by atoms with Gasteiger partial charge in [0.05, 0.1) is 11.3 Å². The number of thiophene rings is 1. The van der Waals surface area contributed by atoms with Gasteiger partial charge in [0.1, 0.15) is 5.70 Å². The number of benzene rings is 2. The van der Waals surface area contributed by atoms with Crippen molar-refractivity contribution in [1.82, 2.24) is 0 Å². The zero-order valence-electron chi connectivity index (χ0n) is 15.1. The first-order valence-corrected chi connectivity index (χ1v) is 10.7. The molecule has 0 spiro atoms. The standard InChI is InChI=1S/C22H14Cl2N2O2S/c23-14-10-15(24)12-16(11-14)26-21(27)19(18-6-3-9-29-18)20(22(26)28)25-8-7-13-4-1-2-5-17(13)25/h1-6,9-12H,7-8H2. The van der Waals surface area contributed by atoms with Crippen LogP contribution in [-0.2, 0) is 16.0 Å². The van der Waals surface area contributed by atoms with Crippen LogP contribution in [0.4, 0.5) is 11.4 Å². The molecule has 2 aromatic carbocycles. The van der Waals surface area contributed by atoms with Crippen molar-refractivity contribution in [1.29, 1.82) is 0 Å². The highest BCUT2D eigenvalue weighted by Gasteiger charge is 2.44. The van der Waals surface area contributed by atoms with E-state index < -0.39 is 0 Å². The highest BCUT2D eigenvalue weighted by molar-refractivity contribution is 7.11. The number of para-hydroxylation sites is 1. The summed E-state index contributed by atoms with van der Waals surface area (Å²) in [4.78, 5) is 30.9. The first kappa shape index (κ1) is 18.4. The molecule has 0 aliphatic carbocycles. The Labute approximate surface area is 181 Å². The normalized spacial score (nSPS) is 16.2. The summed E-state index contributed by atoms with van der Waals surface area (Å²) in [5, 5.41) is 2.63. The van der Waals surface area contributed by atoms with Gasteiger partial charge in [-0.25, -0.2) is 4.90 Å². The van der Waals surface area contributed by atoms with Crippen LogP contribution in [0.1, 0.15) is 10.4 Å². The lowest BCUT2D eigenvalue weighted by Crippen LogP contribution is -2.34. The summed E-state index contributed by atoms with van der Waals surface area (Å²) < 4.78 is 0. The zero-order chi connectivity index (χ0) is 20.1. The Morgan fingerprint density at radius 1 is 0.897 bits per heavy atom. The van der Waals surface area contributed by atoms with Crippen LogP contribution in [0, 0.1) is 0 Å². The quantitative estimate of drug-likeness (QED) is 0.511. The number of hydrogen-bond donors (Lipinski definition) is 0. The number of fused-ring (bicyclic) bond motifs is 1. The van der Waals surface area contributed by atoms with Crippen LogP contribution in [-0.4, -0.2) is 18.4 Å². The number of imide groups is 1. The van der Waals surface area contributed by atoms with Crippen LogP contribution in [0.5, 0.6) is 0 Å². The first-order chi connectivity index (χ1) is 14.0. The molecule has 5 rings (SSSR count). The van der Waals surface area contributed by atoms with Gasteiger partial charge in [-0.2, -0.15) is 0 Å². The highest BCUT2D eigenvalue weighted by atomic mass is 35.5. The lowest BCUT2D eigenvalue weighted by Gasteiger charge is -2.22. The van der Waals surface area contributed by atoms with E-state index >= 15 is 0 Å². The minimum atomic E-state index is -0.367. The topological polar surface area (TPSA) is 40.6 Å². The molecule has 0 atom stereocenters. The maximum Gasteiger partial charge on any atom is 0.282 e. The van der Waals surface area contributed by atoms with Crippen molar-refractivity contribution in [2.24, 2.45) is 0 Å². The van der Waals surface area contributed by atoms with E-state index in [4.69, 9.17) is 23.2 Å². The Balaban J connectivity index is 1.68. The highest BCUT2D eigenvalue weighted by Crippen LogP contribution is 2.41. The van der Waals surface area contributed by atoms with E-state index in [0.29, 0.717) is 33.5 Å². The predicted octanol–water partition coefficient (Wildman–Crippen LogP) is 5.40. The van der Waals surface area contributed by atoms with Gasteiger partial charge in [0.2, 0.25) is 0 Å². The van der Waals surface area contributed by atoms with Crippen molar-refractivity contribution >= 4 is 63.3 Å². The number of hydrogen-bond acceptors (Lipinski definition) is 4. The lowest BCUT2D eigenvalue weighted by atomic mass is 10.1. The summed E-state index contributed by atoms with van der Waals surface area (Å²) >= 11 is 13.7. The fraction of sp³-hybridized carbons (Fsp3) is 0.0909. The van der Waals surface area contributed by atoms with Gasteiger partial charge in [0.25, 0.3) is 11.8 Å². The number of anilines is 2. The van der Waals surface area contributed by atoms with Crippen molar-refractivity contribution in [3.8, 4) is 0 Å². The number of halogens is 2. The lowest BCUT2D eigenvalue weighted by molar-refractivity contribution is -0.120. The van der Waals surface area contributed by atoms with Crippen LogP contribution in [0.25, 0.3) is 5.57 Å². The summed E-state index contributed by atoms with van der Waals surface area (Å²) in [5.74, 6) is -0.733. The summed E-state index contributed by atoms with van der Waals surface area (Å²) in [6.07, 6.45) is 0.821. The van der Waals surface area contributed by atoms with Crippen molar-refractivity contribution < 1.29 is 9.59 Å². The second kappa shape index (κ2) is 7.02. The molecule has 3 aromatic rings. The summed E-state index contributed by atoms with van der Waals surface area (Å²) in [6.45, 7) is 0.646. The van der Waals surface area contributed by atoms with Crippen LogP contribution in [0.15, 0.2) is 65.7 Å². The third-order valence-corrected chi connectivity index (χ3v) is 6.41. The van der Waals surface area contributed by atoms with Crippen LogP contribution < -0.4 is 9.80 Å². The molecule has 4 nitrogen and oxygen atoms in total. The fourth-order valence-electron chi connectivity index (χ4n) is 3.88. The van der Waals surface area contributed by atoms with E-state index in [1.165, 1.54) is 16.2 Å². The Kier molecular flexibility index (Phi) is 4.46. The van der Waals surface area contributed by atoms with Crippen LogP contribution >= 0.6 is 34.5 Å². The van der Waals surface area contributed by atoms with Gasteiger partial charge in [0, 0.05) is 27.2 Å². The van der Waals surface area contributed by atoms with E-state index in [1.54, 1.807) is 18.2 Å². The molecule has 0 bridgehead atoms. The maximum atomic E-state index is 13.6. The van der Waals surface area contributed by atoms with Gasteiger partial charge >= 0.3 is 0 Å². The molecular formula is C22H14Cl2N2O2S. The molecule has 2 amide bonds. The molecule has 0 saturated heterocycles. The van der Waals surface area contributed by atoms with Crippen LogP contribution in [0.2, 0.25) is 10.0 Å². The first-order valence-electron chi connectivity index (χ1n) is 9.03. The molecule has 3 heterocycles. The fourth-order valence-corrected chi connectivity index (χ4v) is 5.16. The van der Waals surface area contributed by atoms with E-state index in [1.807, 2.05) is 40.6 Å². The van der Waals surface area contributed by atoms with Gasteiger partial charge in [-0.3, -0.25) is 9.59 Å². The number of rotatable bonds is 3. The van der Waals surface area contributed by atoms with E-state index in [2.05, 4.69) is 6.07 Å². The monoisotopic (exact) mass is 440 g/mol. The van der Waals surface area contributed by atoms with E-state index in [9.17, 15) is 9.59 Å². The molecule has 0 unspecified atom stereocenters. The van der Waals surface area contributed by atoms with Crippen molar-refractivity contribution in [2.75, 3.05) is 16.3 Å². The van der Waals surface area contributed by atoms with E-state index in [0.717, 1.165) is 22.5 Å². The maximum absolute atomic E-state index is 13.6. The van der Waals surface area contributed by atoms with Crippen molar-refractivity contribution in [3.63, 3.8) is 0 Å². The minimum absolute atomic E-state index is 0.366. The number of amides is 2. The predicted molar refractivity (Wildman–Crippen MR) is 118 cm³/mol. The summed E-state index contributed by atoms with van der Waals surface area (Å²) in [6, 6.07) is 16.4. The number of carbonyl (C=O) groups is 2. The van der Waals surface area contributed by atoms with Gasteiger partial charge in [-0.15, -0.1) is 11.3 Å². The second-order valence-corrected chi connectivity index (χ2v) is 8.63. The summed E-state index contributed by atoms with van der Waals surface area (Å²) in [5.41, 5.74) is 3.31. The molecular weight excluding hydrogens is 427 g/mol. The van der Waals surface area contributed by atoms with E-state index in [-0.39, 0.29) is 11.8 Å². The molecule has 2 aliphatic heterocycles. The number of nitrogens with zero attached hydrogens (tertiary/aromatic N) is 2. The third kappa shape index (κ3) is 2.97. The largest absolute Gasteiger partial charge is 0.336 e. The summed E-state index contributed by atoms with van der Waals surface area (Å²) in [7, 11) is 0. The Morgan fingerprint density at radius 2 is 1.66 bits per heavy atom.